The average Bonchev–Trinajstić information content (AvgIpc) is 3.04. The van der Waals surface area contributed by atoms with E-state index in [0.717, 1.165) is 16.3 Å². The highest BCUT2D eigenvalue weighted by Crippen LogP contribution is 2.50. The van der Waals surface area contributed by atoms with Crippen molar-refractivity contribution in [2.24, 2.45) is 0 Å². The maximum Gasteiger partial charge on any atom is 0.205 e. The summed E-state index contributed by atoms with van der Waals surface area (Å²) < 4.78 is 0. The predicted octanol–water partition coefficient (Wildman–Crippen LogP) is 5.68. The molecule has 0 bridgehead atoms. The molecule has 0 radical (unpaired) electrons. The first-order valence-corrected chi connectivity index (χ1v) is 10.7. The van der Waals surface area contributed by atoms with Crippen LogP contribution in [-0.2, 0) is 4.79 Å². The van der Waals surface area contributed by atoms with Gasteiger partial charge < -0.3 is 11.1 Å². The molecule has 1 atom stereocenters. The predicted molar refractivity (Wildman–Crippen MR) is 122 cm³/mol. The number of nitrogens with two attached hydrogens (primary N) is 1. The molecule has 0 unspecified atom stereocenters. The molecular formula is C22H17Cl2N3O2S. The standard InChI is InChI=1S/C22H17Cl2N3O2S/c1-10-16(11(2)28)17(13-4-3-7-26-9-13)18-19(25)21(30-22(18)27-10)20(29)12-5-6-14(23)15(24)8-12/h3-9,17,27H,25H2,1-2H3/t17-/m0/s1. The van der Waals surface area contributed by atoms with Crippen molar-refractivity contribution in [2.75, 3.05) is 11.1 Å². The van der Waals surface area contributed by atoms with Crippen LogP contribution in [0.3, 0.4) is 0 Å². The van der Waals surface area contributed by atoms with Crippen molar-refractivity contribution in [2.45, 2.75) is 19.8 Å². The zero-order valence-corrected chi connectivity index (χ0v) is 18.5. The molecule has 0 spiro atoms. The number of allylic oxidation sites excluding steroid dienone is 2. The number of benzene rings is 1. The lowest BCUT2D eigenvalue weighted by Gasteiger charge is -2.28. The van der Waals surface area contributed by atoms with Crippen molar-refractivity contribution in [1.82, 2.24) is 4.98 Å². The molecule has 30 heavy (non-hydrogen) atoms. The fraction of sp³-hybridized carbons (Fsp3) is 0.136. The number of thiophene rings is 1. The van der Waals surface area contributed by atoms with Gasteiger partial charge in [-0.15, -0.1) is 11.3 Å². The highest BCUT2D eigenvalue weighted by Gasteiger charge is 2.36. The van der Waals surface area contributed by atoms with Crippen molar-refractivity contribution in [3.05, 3.63) is 85.6 Å². The molecule has 4 rings (SSSR count). The molecule has 3 N–H and O–H groups in total. The van der Waals surface area contributed by atoms with Crippen LogP contribution < -0.4 is 11.1 Å². The number of nitrogen functional groups attached to an aromatic ring is 1. The number of fused-ring (bicyclic) bond motifs is 1. The molecule has 5 nitrogen and oxygen atoms in total. The van der Waals surface area contributed by atoms with Crippen LogP contribution in [0.25, 0.3) is 0 Å². The number of rotatable bonds is 4. The van der Waals surface area contributed by atoms with E-state index >= 15 is 0 Å². The molecule has 0 saturated heterocycles. The minimum Gasteiger partial charge on any atom is -0.397 e. The van der Waals surface area contributed by atoms with E-state index in [2.05, 4.69) is 10.3 Å². The van der Waals surface area contributed by atoms with Gasteiger partial charge in [-0.2, -0.15) is 0 Å². The van der Waals surface area contributed by atoms with Crippen LogP contribution in [0.5, 0.6) is 0 Å². The molecule has 8 heteroatoms. The van der Waals surface area contributed by atoms with Crippen LogP contribution in [0.15, 0.2) is 54.0 Å². The monoisotopic (exact) mass is 457 g/mol. The highest BCUT2D eigenvalue weighted by molar-refractivity contribution is 7.19. The molecule has 3 heterocycles. The van der Waals surface area contributed by atoms with Crippen molar-refractivity contribution < 1.29 is 9.59 Å². The van der Waals surface area contributed by atoms with Gasteiger partial charge in [0.1, 0.15) is 4.88 Å². The Kier molecular flexibility index (Phi) is 5.40. The summed E-state index contributed by atoms with van der Waals surface area (Å²) in [7, 11) is 0. The molecule has 3 aromatic rings. The molecule has 0 fully saturated rings. The Morgan fingerprint density at radius 2 is 1.97 bits per heavy atom. The van der Waals surface area contributed by atoms with E-state index < -0.39 is 5.92 Å². The Hall–Kier alpha value is -2.67. The zero-order valence-electron chi connectivity index (χ0n) is 16.1. The first-order chi connectivity index (χ1) is 14.3. The normalized spacial score (nSPS) is 15.5. The minimum absolute atomic E-state index is 0.0672. The maximum absolute atomic E-state index is 13.2. The number of Topliss-reactive ketones (excluding diaryl/α,β-unsaturated/α-hetero) is 1. The summed E-state index contributed by atoms with van der Waals surface area (Å²) in [6.07, 6.45) is 3.39. The number of ketones is 2. The first kappa shape index (κ1) is 20.6. The molecule has 152 valence electrons. The third-order valence-electron chi connectivity index (χ3n) is 5.05. The third kappa shape index (κ3) is 3.41. The molecule has 0 aliphatic carbocycles. The molecule has 1 aromatic carbocycles. The second-order valence-corrected chi connectivity index (χ2v) is 8.82. The Labute approximate surface area is 187 Å². The molecule has 1 aliphatic heterocycles. The summed E-state index contributed by atoms with van der Waals surface area (Å²) >= 11 is 13.3. The third-order valence-corrected chi connectivity index (χ3v) is 6.93. The van der Waals surface area contributed by atoms with Gasteiger partial charge in [-0.05, 0) is 43.7 Å². The number of carbonyl (C=O) groups excluding carboxylic acids is 2. The lowest BCUT2D eigenvalue weighted by molar-refractivity contribution is -0.113. The number of pyridine rings is 1. The van der Waals surface area contributed by atoms with Crippen molar-refractivity contribution >= 4 is 56.8 Å². The second kappa shape index (κ2) is 7.87. The molecule has 0 saturated carbocycles. The van der Waals surface area contributed by atoms with Gasteiger partial charge in [-0.1, -0.05) is 29.3 Å². The SMILES string of the molecule is CC(=O)C1=C(C)Nc2sc(C(=O)c3ccc(Cl)c(Cl)c3)c(N)c2[C@H]1c1cccnc1. The number of carbonyl (C=O) groups is 2. The van der Waals surface area contributed by atoms with Gasteiger partial charge in [0.25, 0.3) is 0 Å². The van der Waals surface area contributed by atoms with Gasteiger partial charge in [0, 0.05) is 40.7 Å². The van der Waals surface area contributed by atoms with Crippen LogP contribution in [-0.4, -0.2) is 16.6 Å². The smallest absolute Gasteiger partial charge is 0.205 e. The number of hydrogen-bond donors (Lipinski definition) is 2. The van der Waals surface area contributed by atoms with Gasteiger partial charge in [-0.25, -0.2) is 0 Å². The van der Waals surface area contributed by atoms with Crippen molar-refractivity contribution in [3.8, 4) is 0 Å². The molecular weight excluding hydrogens is 441 g/mol. The van der Waals surface area contributed by atoms with Crippen LogP contribution in [0.4, 0.5) is 10.7 Å². The van der Waals surface area contributed by atoms with E-state index in [1.54, 1.807) is 24.5 Å². The summed E-state index contributed by atoms with van der Waals surface area (Å²) in [6, 6.07) is 8.44. The molecule has 0 amide bonds. The van der Waals surface area contributed by atoms with Crippen molar-refractivity contribution in [3.63, 3.8) is 0 Å². The number of halogens is 2. The Bertz CT molecular complexity index is 1220. The number of nitrogens with one attached hydrogen (secondary N) is 1. The Morgan fingerprint density at radius 3 is 2.60 bits per heavy atom. The topological polar surface area (TPSA) is 85.1 Å². The largest absolute Gasteiger partial charge is 0.397 e. The summed E-state index contributed by atoms with van der Waals surface area (Å²) in [5, 5.41) is 4.67. The summed E-state index contributed by atoms with van der Waals surface area (Å²) in [5.41, 5.74) is 10.1. The lowest BCUT2D eigenvalue weighted by atomic mass is 9.81. The minimum atomic E-state index is -0.404. The van der Waals surface area contributed by atoms with Gasteiger partial charge in [0.15, 0.2) is 5.78 Å². The summed E-state index contributed by atoms with van der Waals surface area (Å²) in [6.45, 7) is 3.37. The van der Waals surface area contributed by atoms with Crippen LogP contribution in [0.2, 0.25) is 10.0 Å². The number of anilines is 2. The molecule has 1 aliphatic rings. The quantitative estimate of drug-likeness (QED) is 0.491. The second-order valence-electron chi connectivity index (χ2n) is 6.98. The van der Waals surface area contributed by atoms with E-state index in [4.69, 9.17) is 28.9 Å². The van der Waals surface area contributed by atoms with Crippen LogP contribution >= 0.6 is 34.5 Å². The van der Waals surface area contributed by atoms with Crippen LogP contribution in [0.1, 0.15) is 46.1 Å². The number of aromatic nitrogens is 1. The lowest BCUT2D eigenvalue weighted by Crippen LogP contribution is -2.21. The van der Waals surface area contributed by atoms with E-state index in [1.807, 2.05) is 19.1 Å². The van der Waals surface area contributed by atoms with Gasteiger partial charge >= 0.3 is 0 Å². The van der Waals surface area contributed by atoms with E-state index in [9.17, 15) is 9.59 Å². The summed E-state index contributed by atoms with van der Waals surface area (Å²) in [5.74, 6) is -0.722. The van der Waals surface area contributed by atoms with Crippen molar-refractivity contribution in [1.29, 1.82) is 0 Å². The highest BCUT2D eigenvalue weighted by atomic mass is 35.5. The Balaban J connectivity index is 1.88. The van der Waals surface area contributed by atoms with Gasteiger partial charge in [0.05, 0.1) is 20.7 Å². The number of hydrogen-bond acceptors (Lipinski definition) is 6. The van der Waals surface area contributed by atoms with E-state index in [1.165, 1.54) is 24.3 Å². The van der Waals surface area contributed by atoms with Gasteiger partial charge in [0.2, 0.25) is 5.78 Å². The summed E-state index contributed by atoms with van der Waals surface area (Å²) in [4.78, 5) is 30.3. The first-order valence-electron chi connectivity index (χ1n) is 9.10. The maximum atomic E-state index is 13.2. The van der Waals surface area contributed by atoms with E-state index in [-0.39, 0.29) is 11.6 Å². The number of nitrogens with zero attached hydrogens (tertiary/aromatic N) is 1. The van der Waals surface area contributed by atoms with E-state index in [0.29, 0.717) is 37.3 Å². The Morgan fingerprint density at radius 1 is 1.20 bits per heavy atom. The fourth-order valence-electron chi connectivity index (χ4n) is 3.72. The average molecular weight is 458 g/mol. The molecule has 2 aromatic heterocycles. The zero-order chi connectivity index (χ0) is 21.6. The van der Waals surface area contributed by atoms with Crippen LogP contribution in [0, 0.1) is 0 Å². The fourth-order valence-corrected chi connectivity index (χ4v) is 5.19. The van der Waals surface area contributed by atoms with Gasteiger partial charge in [-0.3, -0.25) is 14.6 Å².